The Labute approximate surface area is 326 Å². The van der Waals surface area contributed by atoms with Crippen LogP contribution >= 0.6 is 11.3 Å². The second-order valence-electron chi connectivity index (χ2n) is 15.0. The highest BCUT2D eigenvalue weighted by Gasteiger charge is 2.27. The number of rotatable bonds is 4. The predicted octanol–water partition coefficient (Wildman–Crippen LogP) is 14.0. The molecule has 0 radical (unpaired) electrons. The number of nitrogens with zero attached hydrogens (tertiary/aromatic N) is 3. The van der Waals surface area contributed by atoms with E-state index in [0.717, 1.165) is 71.7 Å². The van der Waals surface area contributed by atoms with Crippen LogP contribution in [0, 0.1) is 5.92 Å². The van der Waals surface area contributed by atoms with E-state index in [-0.39, 0.29) is 0 Å². The van der Waals surface area contributed by atoms with Gasteiger partial charge in [-0.15, -0.1) is 11.3 Å². The molecular weight excluding hydrogens is 703 g/mol. The summed E-state index contributed by atoms with van der Waals surface area (Å²) >= 11 is 1.77. The van der Waals surface area contributed by atoms with E-state index in [1.807, 2.05) is 0 Å². The summed E-state index contributed by atoms with van der Waals surface area (Å²) in [5, 5.41) is 6.92. The van der Waals surface area contributed by atoms with Crippen LogP contribution in [0.4, 0.5) is 0 Å². The minimum Gasteiger partial charge on any atom is -0.455 e. The summed E-state index contributed by atoms with van der Waals surface area (Å²) in [6.45, 7) is 2.28. The summed E-state index contributed by atoms with van der Waals surface area (Å²) in [6.07, 6.45) is 5.49. The van der Waals surface area contributed by atoms with Gasteiger partial charge < -0.3 is 4.42 Å². The Hall–Kier alpha value is -6.82. The van der Waals surface area contributed by atoms with Crippen LogP contribution in [0.5, 0.6) is 0 Å². The van der Waals surface area contributed by atoms with Gasteiger partial charge in [-0.2, -0.15) is 0 Å². The van der Waals surface area contributed by atoms with Crippen molar-refractivity contribution in [3.05, 3.63) is 169 Å². The van der Waals surface area contributed by atoms with Crippen molar-refractivity contribution in [3.63, 3.8) is 0 Å². The van der Waals surface area contributed by atoms with Crippen molar-refractivity contribution in [2.75, 3.05) is 0 Å². The van der Waals surface area contributed by atoms with Gasteiger partial charge in [0, 0.05) is 37.7 Å². The maximum absolute atomic E-state index is 6.91. The minimum absolute atomic E-state index is 0.368. The number of aromatic nitrogens is 3. The van der Waals surface area contributed by atoms with Crippen molar-refractivity contribution >= 4 is 81.3 Å². The van der Waals surface area contributed by atoms with Crippen molar-refractivity contribution in [1.82, 2.24) is 14.5 Å². The topological polar surface area (TPSA) is 43.9 Å². The second kappa shape index (κ2) is 12.1. The van der Waals surface area contributed by atoms with Gasteiger partial charge in [0.05, 0.1) is 26.8 Å². The third kappa shape index (κ3) is 4.71. The molecule has 264 valence electrons. The maximum Gasteiger partial charge on any atom is 0.235 e. The molecule has 5 heteroatoms. The van der Waals surface area contributed by atoms with Crippen molar-refractivity contribution in [2.45, 2.75) is 13.3 Å². The van der Waals surface area contributed by atoms with Gasteiger partial charge in [0.25, 0.3) is 0 Å². The van der Waals surface area contributed by atoms with Gasteiger partial charge in [0.1, 0.15) is 11.2 Å². The van der Waals surface area contributed by atoms with Gasteiger partial charge in [0.2, 0.25) is 5.95 Å². The summed E-state index contributed by atoms with van der Waals surface area (Å²) in [7, 11) is 0. The molecule has 4 nitrogen and oxygen atoms in total. The van der Waals surface area contributed by atoms with E-state index in [9.17, 15) is 0 Å². The molecule has 1 unspecified atom stereocenters. The minimum atomic E-state index is 0.368. The number of fused-ring (bicyclic) bond motifs is 12. The first-order valence-corrected chi connectivity index (χ1v) is 20.0. The van der Waals surface area contributed by atoms with E-state index in [1.165, 1.54) is 43.4 Å². The smallest absolute Gasteiger partial charge is 0.235 e. The second-order valence-corrected chi connectivity index (χ2v) is 16.1. The van der Waals surface area contributed by atoms with Crippen molar-refractivity contribution in [2.24, 2.45) is 5.92 Å². The zero-order chi connectivity index (χ0) is 36.9. The number of benzene rings is 7. The Morgan fingerprint density at radius 1 is 0.625 bits per heavy atom. The Morgan fingerprint density at radius 2 is 1.36 bits per heavy atom. The highest BCUT2D eigenvalue weighted by molar-refractivity contribution is 7.26. The van der Waals surface area contributed by atoms with Crippen LogP contribution < -0.4 is 0 Å². The molecule has 0 bridgehead atoms. The molecule has 0 saturated heterocycles. The molecule has 12 rings (SSSR count). The van der Waals surface area contributed by atoms with Crippen LogP contribution in [-0.2, 0) is 6.42 Å². The van der Waals surface area contributed by atoms with Crippen molar-refractivity contribution in [3.8, 4) is 39.5 Å². The average Bonchev–Trinajstić information content (AvgIpc) is 3.93. The fourth-order valence-electron chi connectivity index (χ4n) is 8.92. The lowest BCUT2D eigenvalue weighted by molar-refractivity contribution is 0.672. The van der Waals surface area contributed by atoms with Gasteiger partial charge in [-0.25, -0.2) is 9.97 Å². The molecular formula is C51H33N3OS. The first-order chi connectivity index (χ1) is 27.7. The Balaban J connectivity index is 1.12. The average molecular weight is 736 g/mol. The van der Waals surface area contributed by atoms with Gasteiger partial charge in [-0.05, 0) is 81.8 Å². The molecule has 56 heavy (non-hydrogen) atoms. The molecule has 1 atom stereocenters. The number of thiophene rings is 1. The molecule has 0 fully saturated rings. The van der Waals surface area contributed by atoms with Crippen LogP contribution in [0.15, 0.2) is 162 Å². The van der Waals surface area contributed by atoms with Gasteiger partial charge in [-0.3, -0.25) is 4.57 Å². The highest BCUT2D eigenvalue weighted by Crippen LogP contribution is 2.45. The first-order valence-electron chi connectivity index (χ1n) is 19.2. The number of furan rings is 1. The lowest BCUT2D eigenvalue weighted by Crippen LogP contribution is -2.11. The molecule has 1 aliphatic rings. The number of allylic oxidation sites excluding steroid dienone is 1. The molecule has 0 N–H and O–H groups in total. The van der Waals surface area contributed by atoms with Crippen LogP contribution in [0.25, 0.3) is 109 Å². The van der Waals surface area contributed by atoms with E-state index in [2.05, 4.69) is 175 Å². The van der Waals surface area contributed by atoms with Crippen LogP contribution in [0.1, 0.15) is 18.2 Å². The molecule has 0 amide bonds. The molecule has 1 aliphatic carbocycles. The normalized spacial score (nSPS) is 14.2. The van der Waals surface area contributed by atoms with Crippen LogP contribution in [0.3, 0.4) is 0 Å². The SMILES string of the molecule is CC1C=Cc2c(n(-c3nc(-c4cccc(-c5ccccc5)c4)c4sc5ccccc5c4n3)c3ccc4c(oc5ccc6cc(-c7ccccc7)ccc6c54)c23)C1. The quantitative estimate of drug-likeness (QED) is 0.181. The van der Waals surface area contributed by atoms with E-state index in [1.54, 1.807) is 11.3 Å². The third-order valence-electron chi connectivity index (χ3n) is 11.6. The van der Waals surface area contributed by atoms with Gasteiger partial charge in [0.15, 0.2) is 0 Å². The maximum atomic E-state index is 6.91. The molecule has 4 heterocycles. The molecule has 7 aromatic carbocycles. The monoisotopic (exact) mass is 735 g/mol. The Morgan fingerprint density at radius 3 is 2.20 bits per heavy atom. The number of hydrogen-bond acceptors (Lipinski definition) is 4. The van der Waals surface area contributed by atoms with E-state index >= 15 is 0 Å². The molecule has 0 aliphatic heterocycles. The molecule has 0 spiro atoms. The number of hydrogen-bond donors (Lipinski definition) is 0. The summed E-state index contributed by atoms with van der Waals surface area (Å²) < 4.78 is 11.5. The van der Waals surface area contributed by atoms with Gasteiger partial charge >= 0.3 is 0 Å². The highest BCUT2D eigenvalue weighted by atomic mass is 32.1. The van der Waals surface area contributed by atoms with Crippen LogP contribution in [0.2, 0.25) is 0 Å². The fourth-order valence-corrected chi connectivity index (χ4v) is 10.1. The lowest BCUT2D eigenvalue weighted by Gasteiger charge is -2.17. The lowest BCUT2D eigenvalue weighted by atomic mass is 9.94. The summed E-state index contributed by atoms with van der Waals surface area (Å²) in [6, 6.07) is 54.1. The zero-order valence-electron chi connectivity index (χ0n) is 30.5. The van der Waals surface area contributed by atoms with Gasteiger partial charge in [-0.1, -0.05) is 134 Å². The van der Waals surface area contributed by atoms with E-state index in [0.29, 0.717) is 11.9 Å². The fraction of sp³-hybridized carbons (Fsp3) is 0.0588. The zero-order valence-corrected chi connectivity index (χ0v) is 31.3. The van der Waals surface area contributed by atoms with Crippen LogP contribution in [-0.4, -0.2) is 14.5 Å². The molecule has 4 aromatic heterocycles. The van der Waals surface area contributed by atoms with Crippen molar-refractivity contribution in [1.29, 1.82) is 0 Å². The third-order valence-corrected chi connectivity index (χ3v) is 12.7. The summed E-state index contributed by atoms with van der Waals surface area (Å²) in [4.78, 5) is 11.0. The summed E-state index contributed by atoms with van der Waals surface area (Å²) in [5.41, 5.74) is 13.0. The molecule has 0 saturated carbocycles. The summed E-state index contributed by atoms with van der Waals surface area (Å²) in [5.74, 6) is 1.05. The van der Waals surface area contributed by atoms with E-state index in [4.69, 9.17) is 14.4 Å². The van der Waals surface area contributed by atoms with E-state index < -0.39 is 0 Å². The Kier molecular flexibility index (Phi) is 6.81. The first kappa shape index (κ1) is 31.5. The standard InChI is InChI=1S/C51H33N3OS/c1-30-19-22-38-42(27-30)54(41-25-24-40-45-37-23-20-34(32-13-6-3-7-14-32)28-35(37)21-26-43(45)55-49(40)46(38)41)51-52-47(50-48(53-51)39-17-8-9-18-44(39)56-50)36-16-10-15-33(29-36)31-11-4-2-5-12-31/h2-26,28-30H,27H2,1H3. The largest absolute Gasteiger partial charge is 0.455 e. The molecule has 11 aromatic rings. The Bertz CT molecular complexity index is 3410. The van der Waals surface area contributed by atoms with Crippen molar-refractivity contribution < 1.29 is 4.42 Å². The predicted molar refractivity (Wildman–Crippen MR) is 235 cm³/mol.